The molecule has 102 valence electrons. The van der Waals surface area contributed by atoms with Crippen LogP contribution in [0, 0.1) is 5.92 Å². The van der Waals surface area contributed by atoms with Crippen molar-refractivity contribution in [3.63, 3.8) is 0 Å². The molecule has 3 nitrogen and oxygen atoms in total. The Morgan fingerprint density at radius 3 is 2.68 bits per heavy atom. The Balaban J connectivity index is 1.82. The molecule has 1 aliphatic rings. The summed E-state index contributed by atoms with van der Waals surface area (Å²) in [4.78, 5) is 10.5. The number of ether oxygens (including phenoxy) is 1. The molecule has 0 aromatic heterocycles. The average Bonchev–Trinajstić information content (AvgIpc) is 2.38. The van der Waals surface area contributed by atoms with Crippen LogP contribution in [0.3, 0.4) is 0 Å². The van der Waals surface area contributed by atoms with E-state index in [4.69, 9.17) is 9.84 Å². The van der Waals surface area contributed by atoms with E-state index in [0.29, 0.717) is 5.92 Å². The van der Waals surface area contributed by atoms with E-state index >= 15 is 0 Å². The smallest absolute Gasteiger partial charge is 0.327 e. The van der Waals surface area contributed by atoms with Gasteiger partial charge < -0.3 is 9.84 Å². The van der Waals surface area contributed by atoms with Crippen molar-refractivity contribution >= 4 is 21.9 Å². The summed E-state index contributed by atoms with van der Waals surface area (Å²) < 4.78 is 6.96. The molecule has 4 heteroatoms. The van der Waals surface area contributed by atoms with Gasteiger partial charge in [0.25, 0.3) is 0 Å². The highest BCUT2D eigenvalue weighted by Gasteiger charge is 2.20. The van der Waals surface area contributed by atoms with Gasteiger partial charge in [0.1, 0.15) is 5.75 Å². The minimum Gasteiger partial charge on any atom is -0.490 e. The maximum atomic E-state index is 10.5. The van der Waals surface area contributed by atoms with Gasteiger partial charge in [0, 0.05) is 10.5 Å². The van der Waals surface area contributed by atoms with Crippen LogP contribution in [-0.4, -0.2) is 17.2 Å². The van der Waals surface area contributed by atoms with Crippen molar-refractivity contribution in [3.8, 4) is 5.75 Å². The monoisotopic (exact) mass is 324 g/mol. The van der Waals surface area contributed by atoms with Crippen LogP contribution in [0.5, 0.6) is 5.75 Å². The van der Waals surface area contributed by atoms with Gasteiger partial charge in [-0.05, 0) is 49.8 Å². The molecule has 1 aromatic rings. The lowest BCUT2D eigenvalue weighted by Crippen LogP contribution is -2.23. The zero-order valence-corrected chi connectivity index (χ0v) is 12.2. The summed E-state index contributed by atoms with van der Waals surface area (Å²) in [6.07, 6.45) is 7.22. The standard InChI is InChI=1S/C15H17BrO3/c16-12-2-1-3-14(10-12)19-13-7-4-11(5-8-13)6-9-15(17)18/h1-3,6,9-11,13H,4-5,7-8H2,(H,17,18)/b9-6+. The molecule has 0 amide bonds. The topological polar surface area (TPSA) is 46.5 Å². The number of carbonyl (C=O) groups is 1. The molecule has 1 saturated carbocycles. The predicted molar refractivity (Wildman–Crippen MR) is 77.3 cm³/mol. The molecule has 0 saturated heterocycles. The molecule has 0 atom stereocenters. The Morgan fingerprint density at radius 2 is 2.05 bits per heavy atom. The molecular weight excluding hydrogens is 308 g/mol. The van der Waals surface area contributed by atoms with Gasteiger partial charge in [-0.15, -0.1) is 0 Å². The Hall–Kier alpha value is -1.29. The summed E-state index contributed by atoms with van der Waals surface area (Å²) in [5, 5.41) is 8.60. The highest BCUT2D eigenvalue weighted by Crippen LogP contribution is 2.29. The minimum absolute atomic E-state index is 0.240. The second-order valence-corrected chi connectivity index (χ2v) is 5.73. The summed E-state index contributed by atoms with van der Waals surface area (Å²) in [6, 6.07) is 7.86. The third-order valence-electron chi connectivity index (χ3n) is 3.33. The molecule has 0 bridgehead atoms. The molecule has 1 aromatic carbocycles. The first-order valence-electron chi connectivity index (χ1n) is 6.47. The molecule has 1 fully saturated rings. The second-order valence-electron chi connectivity index (χ2n) is 4.81. The first kappa shape index (κ1) is 14.1. The van der Waals surface area contributed by atoms with Crippen LogP contribution in [0.4, 0.5) is 0 Å². The molecule has 0 unspecified atom stereocenters. The van der Waals surface area contributed by atoms with Crippen molar-refractivity contribution in [2.75, 3.05) is 0 Å². The van der Waals surface area contributed by atoms with Crippen molar-refractivity contribution in [2.45, 2.75) is 31.8 Å². The zero-order chi connectivity index (χ0) is 13.7. The average molecular weight is 325 g/mol. The fourth-order valence-corrected chi connectivity index (χ4v) is 2.73. The predicted octanol–water partition coefficient (Wildman–Crippen LogP) is 4.03. The molecule has 0 aliphatic heterocycles. The summed E-state index contributed by atoms with van der Waals surface area (Å²) >= 11 is 3.43. The van der Waals surface area contributed by atoms with E-state index < -0.39 is 5.97 Å². The maximum Gasteiger partial charge on any atom is 0.327 e. The molecule has 0 spiro atoms. The van der Waals surface area contributed by atoms with E-state index in [2.05, 4.69) is 15.9 Å². The van der Waals surface area contributed by atoms with E-state index in [0.717, 1.165) is 35.9 Å². The number of hydrogen-bond acceptors (Lipinski definition) is 2. The van der Waals surface area contributed by atoms with Crippen LogP contribution < -0.4 is 4.74 Å². The number of aliphatic carboxylic acids is 1. The van der Waals surface area contributed by atoms with Crippen molar-refractivity contribution in [3.05, 3.63) is 40.9 Å². The quantitative estimate of drug-likeness (QED) is 0.850. The van der Waals surface area contributed by atoms with Gasteiger partial charge in [0.05, 0.1) is 6.10 Å². The normalized spacial score (nSPS) is 23.4. The van der Waals surface area contributed by atoms with E-state index in [-0.39, 0.29) is 6.10 Å². The van der Waals surface area contributed by atoms with E-state index in [1.807, 2.05) is 24.3 Å². The fourth-order valence-electron chi connectivity index (χ4n) is 2.35. The van der Waals surface area contributed by atoms with Gasteiger partial charge in [-0.25, -0.2) is 4.79 Å². The van der Waals surface area contributed by atoms with E-state index in [1.165, 1.54) is 6.08 Å². The number of allylic oxidation sites excluding steroid dienone is 1. The number of carboxylic acid groups (broad SMARTS) is 1. The molecule has 2 rings (SSSR count). The number of carboxylic acids is 1. The number of rotatable bonds is 4. The Morgan fingerprint density at radius 1 is 1.32 bits per heavy atom. The van der Waals surface area contributed by atoms with Gasteiger partial charge in [-0.2, -0.15) is 0 Å². The third kappa shape index (κ3) is 4.71. The van der Waals surface area contributed by atoms with Crippen LogP contribution in [0.2, 0.25) is 0 Å². The van der Waals surface area contributed by atoms with Crippen molar-refractivity contribution < 1.29 is 14.6 Å². The third-order valence-corrected chi connectivity index (χ3v) is 3.82. The van der Waals surface area contributed by atoms with Crippen molar-refractivity contribution in [2.24, 2.45) is 5.92 Å². The summed E-state index contributed by atoms with van der Waals surface area (Å²) in [6.45, 7) is 0. The Bertz CT molecular complexity index is 462. The summed E-state index contributed by atoms with van der Waals surface area (Å²) in [5.74, 6) is 0.393. The lowest BCUT2D eigenvalue weighted by Gasteiger charge is -2.27. The van der Waals surface area contributed by atoms with Crippen molar-refractivity contribution in [1.82, 2.24) is 0 Å². The van der Waals surface area contributed by atoms with Gasteiger partial charge >= 0.3 is 5.97 Å². The van der Waals surface area contributed by atoms with Crippen LogP contribution >= 0.6 is 15.9 Å². The van der Waals surface area contributed by atoms with Gasteiger partial charge in [-0.3, -0.25) is 0 Å². The Kier molecular flexibility index (Phi) is 5.02. The first-order chi connectivity index (χ1) is 9.13. The number of halogens is 1. The molecule has 19 heavy (non-hydrogen) atoms. The Labute approximate surface area is 121 Å². The van der Waals surface area contributed by atoms with Crippen molar-refractivity contribution in [1.29, 1.82) is 0 Å². The number of benzene rings is 1. The van der Waals surface area contributed by atoms with Gasteiger partial charge in [0.15, 0.2) is 0 Å². The first-order valence-corrected chi connectivity index (χ1v) is 7.26. The molecule has 1 N–H and O–H groups in total. The lowest BCUT2D eigenvalue weighted by molar-refractivity contribution is -0.131. The highest BCUT2D eigenvalue weighted by molar-refractivity contribution is 9.10. The zero-order valence-electron chi connectivity index (χ0n) is 10.6. The van der Waals surface area contributed by atoms with Gasteiger partial charge in [0.2, 0.25) is 0 Å². The SMILES string of the molecule is O=C(O)/C=C/C1CCC(Oc2cccc(Br)c2)CC1. The minimum atomic E-state index is -0.868. The molecule has 0 radical (unpaired) electrons. The lowest BCUT2D eigenvalue weighted by atomic mass is 9.87. The van der Waals surface area contributed by atoms with E-state index in [1.54, 1.807) is 6.08 Å². The largest absolute Gasteiger partial charge is 0.490 e. The molecular formula is C15H17BrO3. The second kappa shape index (κ2) is 6.75. The van der Waals surface area contributed by atoms with Crippen LogP contribution in [0.1, 0.15) is 25.7 Å². The summed E-state index contributed by atoms with van der Waals surface area (Å²) in [7, 11) is 0. The summed E-state index contributed by atoms with van der Waals surface area (Å²) in [5.41, 5.74) is 0. The van der Waals surface area contributed by atoms with E-state index in [9.17, 15) is 4.79 Å². The van der Waals surface area contributed by atoms with Crippen LogP contribution in [0.25, 0.3) is 0 Å². The number of hydrogen-bond donors (Lipinski definition) is 1. The van der Waals surface area contributed by atoms with Crippen LogP contribution in [-0.2, 0) is 4.79 Å². The molecule has 1 aliphatic carbocycles. The van der Waals surface area contributed by atoms with Gasteiger partial charge in [-0.1, -0.05) is 28.1 Å². The fraction of sp³-hybridized carbons (Fsp3) is 0.400. The van der Waals surface area contributed by atoms with Crippen LogP contribution in [0.15, 0.2) is 40.9 Å². The molecule has 0 heterocycles. The maximum absolute atomic E-state index is 10.5. The highest BCUT2D eigenvalue weighted by atomic mass is 79.9.